The van der Waals surface area contributed by atoms with Crippen molar-refractivity contribution in [1.82, 2.24) is 0 Å². The number of halogens is 3. The second-order valence-electron chi connectivity index (χ2n) is 8.42. The first kappa shape index (κ1) is 32.3. The third-order valence-electron chi connectivity index (χ3n) is 5.32. The molecule has 0 spiro atoms. The van der Waals surface area contributed by atoms with Gasteiger partial charge in [-0.1, -0.05) is 0 Å². The third kappa shape index (κ3) is 8.06. The van der Waals surface area contributed by atoms with Gasteiger partial charge < -0.3 is 37.9 Å². The Balaban J connectivity index is 2.55. The average molecular weight is 608 g/mol. The number of alkyl halides is 3. The Kier molecular flexibility index (Phi) is 11.9. The van der Waals surface area contributed by atoms with Gasteiger partial charge in [-0.2, -0.15) is 0 Å². The monoisotopic (exact) mass is 606 g/mol. The molecule has 2 aliphatic heterocycles. The van der Waals surface area contributed by atoms with Crippen molar-refractivity contribution in [2.75, 3.05) is 18.4 Å². The van der Waals surface area contributed by atoms with E-state index in [0.717, 1.165) is 34.6 Å². The van der Waals surface area contributed by atoms with Gasteiger partial charge in [-0.05, 0) is 0 Å². The van der Waals surface area contributed by atoms with Crippen LogP contribution in [-0.4, -0.2) is 102 Å². The van der Waals surface area contributed by atoms with Gasteiger partial charge in [0.15, 0.2) is 24.4 Å². The molecule has 0 radical (unpaired) electrons. The summed E-state index contributed by atoms with van der Waals surface area (Å²) in [5.74, 6) is -6.59. The zero-order valence-electron chi connectivity index (χ0n) is 21.2. The smallest absolute Gasteiger partial charge is 0.303 e. The molecule has 38 heavy (non-hydrogen) atoms. The molecule has 2 saturated heterocycles. The Morgan fingerprint density at radius 3 is 1.74 bits per heavy atom. The quantitative estimate of drug-likeness (QED) is 0.198. The van der Waals surface area contributed by atoms with E-state index in [1.54, 1.807) is 0 Å². The van der Waals surface area contributed by atoms with Gasteiger partial charge in [0.1, 0.15) is 24.2 Å². The molecule has 216 valence electrons. The Morgan fingerprint density at radius 2 is 1.26 bits per heavy atom. The first-order valence-corrected chi connectivity index (χ1v) is 12.8. The molecule has 2 rings (SSSR count). The first-order chi connectivity index (χ1) is 17.7. The molecule has 13 nitrogen and oxygen atoms in total. The molecule has 0 aliphatic carbocycles. The summed E-state index contributed by atoms with van der Waals surface area (Å²) in [6.07, 6.45) is -9.38. The van der Waals surface area contributed by atoms with Gasteiger partial charge in [-0.15, -0.1) is 34.8 Å². The summed E-state index contributed by atoms with van der Waals surface area (Å²) in [7, 11) is 0. The highest BCUT2D eigenvalue weighted by molar-refractivity contribution is 6.21. The van der Waals surface area contributed by atoms with Crippen LogP contribution >= 0.6 is 34.8 Å². The molecule has 16 heteroatoms. The van der Waals surface area contributed by atoms with Crippen molar-refractivity contribution in [3.8, 4) is 0 Å². The maximum atomic E-state index is 12.0. The second kappa shape index (κ2) is 13.9. The molecule has 0 bridgehead atoms. The van der Waals surface area contributed by atoms with E-state index in [2.05, 4.69) is 0 Å². The minimum absolute atomic E-state index is 0.231. The van der Waals surface area contributed by atoms with Gasteiger partial charge in [0, 0.05) is 34.6 Å². The largest absolute Gasteiger partial charge is 0.463 e. The molecule has 0 aromatic rings. The SMILES string of the molecule is CC(=O)OC[C@H]1O[C@H](O[C@]2(CCl)O[C@H](CCl)[C@@H](OC(C)=O)[C@@H]2OC(C)=O)[C@H](OC(C)=O)[C@@H](OC(C)=O)[C@@H]1Cl. The Hall–Kier alpha value is -1.90. The van der Waals surface area contributed by atoms with Gasteiger partial charge in [0.25, 0.3) is 0 Å². The van der Waals surface area contributed by atoms with Crippen LogP contribution < -0.4 is 0 Å². The van der Waals surface area contributed by atoms with Crippen molar-refractivity contribution in [2.24, 2.45) is 0 Å². The van der Waals surface area contributed by atoms with Gasteiger partial charge >= 0.3 is 29.8 Å². The van der Waals surface area contributed by atoms with Crippen LogP contribution in [-0.2, 0) is 61.9 Å². The van der Waals surface area contributed by atoms with Crippen LogP contribution in [0.5, 0.6) is 0 Å². The minimum atomic E-state index is -2.07. The fourth-order valence-electron chi connectivity index (χ4n) is 3.99. The number of ether oxygens (including phenoxy) is 8. The van der Waals surface area contributed by atoms with Gasteiger partial charge in [0.2, 0.25) is 12.1 Å². The maximum absolute atomic E-state index is 12.0. The number of esters is 5. The average Bonchev–Trinajstić information content (AvgIpc) is 3.08. The lowest BCUT2D eigenvalue weighted by atomic mass is 10.0. The van der Waals surface area contributed by atoms with Crippen LogP contribution in [0.25, 0.3) is 0 Å². The highest BCUT2D eigenvalue weighted by atomic mass is 35.5. The van der Waals surface area contributed by atoms with Crippen LogP contribution in [0.15, 0.2) is 0 Å². The summed E-state index contributed by atoms with van der Waals surface area (Å²) in [6, 6.07) is 0. The number of carbonyl (C=O) groups excluding carboxylic acids is 5. The zero-order chi connectivity index (χ0) is 28.8. The molecule has 0 N–H and O–H groups in total. The highest BCUT2D eigenvalue weighted by Crippen LogP contribution is 2.42. The molecule has 2 fully saturated rings. The van der Waals surface area contributed by atoms with Crippen LogP contribution in [0.4, 0.5) is 0 Å². The number of hydrogen-bond acceptors (Lipinski definition) is 13. The lowest BCUT2D eigenvalue weighted by Crippen LogP contribution is -2.63. The van der Waals surface area contributed by atoms with E-state index < -0.39 is 96.4 Å². The standard InChI is InChI=1S/C22H29Cl3O13/c1-9(26)31-7-15-16(25)18(33-11(3)28)19(34-12(4)29)21(36-15)38-22(8-24)20(35-13(5)30)17(32-10(2)27)14(6-23)37-22/h14-21H,6-8H2,1-5H3/t14-,15-,16-,17-,18+,19-,20+,21-,22+/m1/s1. The second-order valence-corrected chi connectivity index (χ2v) is 9.50. The topological polar surface area (TPSA) is 159 Å². The summed E-state index contributed by atoms with van der Waals surface area (Å²) in [5.41, 5.74) is 0. The fourth-order valence-corrected chi connectivity index (χ4v) is 4.83. The molecule has 9 atom stereocenters. The van der Waals surface area contributed by atoms with Gasteiger partial charge in [0.05, 0.1) is 11.8 Å². The van der Waals surface area contributed by atoms with E-state index in [-0.39, 0.29) is 5.88 Å². The van der Waals surface area contributed by atoms with Crippen molar-refractivity contribution >= 4 is 64.6 Å². The van der Waals surface area contributed by atoms with Crippen molar-refractivity contribution < 1.29 is 61.9 Å². The summed E-state index contributed by atoms with van der Waals surface area (Å²) >= 11 is 18.8. The predicted octanol–water partition coefficient (Wildman–Crippen LogP) is 1.20. The van der Waals surface area contributed by atoms with Crippen molar-refractivity contribution in [3.63, 3.8) is 0 Å². The third-order valence-corrected chi connectivity index (χ3v) is 6.53. The van der Waals surface area contributed by atoms with Crippen LogP contribution in [0.2, 0.25) is 0 Å². The summed E-state index contributed by atoms with van der Waals surface area (Å²) in [5, 5.41) is -1.17. The van der Waals surface area contributed by atoms with E-state index in [1.165, 1.54) is 0 Å². The predicted molar refractivity (Wildman–Crippen MR) is 127 cm³/mol. The molecule has 2 aliphatic rings. The Bertz CT molecular complexity index is 902. The lowest BCUT2D eigenvalue weighted by molar-refractivity contribution is -0.359. The fraction of sp³-hybridized carbons (Fsp3) is 0.773. The van der Waals surface area contributed by atoms with Crippen LogP contribution in [0, 0.1) is 0 Å². The Morgan fingerprint density at radius 1 is 0.737 bits per heavy atom. The normalized spacial score (nSPS) is 34.6. The highest BCUT2D eigenvalue weighted by Gasteiger charge is 2.63. The van der Waals surface area contributed by atoms with E-state index >= 15 is 0 Å². The molecule has 0 saturated carbocycles. The molecule has 0 amide bonds. The number of carbonyl (C=O) groups is 5. The first-order valence-electron chi connectivity index (χ1n) is 11.3. The number of hydrogen-bond donors (Lipinski definition) is 0. The van der Waals surface area contributed by atoms with Gasteiger partial charge in [-0.25, -0.2) is 0 Å². The molecular formula is C22H29Cl3O13. The molecule has 0 aromatic heterocycles. The zero-order valence-corrected chi connectivity index (χ0v) is 23.4. The van der Waals surface area contributed by atoms with Crippen LogP contribution in [0.1, 0.15) is 34.6 Å². The summed E-state index contributed by atoms with van der Waals surface area (Å²) in [4.78, 5) is 59.0. The summed E-state index contributed by atoms with van der Waals surface area (Å²) in [6.45, 7) is 5.18. The summed E-state index contributed by atoms with van der Waals surface area (Å²) < 4.78 is 44.3. The van der Waals surface area contributed by atoms with Crippen molar-refractivity contribution in [3.05, 3.63) is 0 Å². The molecule has 0 unspecified atom stereocenters. The van der Waals surface area contributed by atoms with Gasteiger partial charge in [-0.3, -0.25) is 24.0 Å². The lowest BCUT2D eigenvalue weighted by Gasteiger charge is -2.45. The number of rotatable bonds is 10. The van der Waals surface area contributed by atoms with Crippen LogP contribution in [0.3, 0.4) is 0 Å². The molecule has 2 heterocycles. The Labute approximate surface area is 233 Å². The van der Waals surface area contributed by atoms with Crippen molar-refractivity contribution in [1.29, 1.82) is 0 Å². The van der Waals surface area contributed by atoms with E-state index in [0.29, 0.717) is 0 Å². The molecular weight excluding hydrogens is 579 g/mol. The van der Waals surface area contributed by atoms with Crippen molar-refractivity contribution in [2.45, 2.75) is 88.7 Å². The minimum Gasteiger partial charge on any atom is -0.463 e. The van der Waals surface area contributed by atoms with E-state index in [9.17, 15) is 24.0 Å². The van der Waals surface area contributed by atoms with E-state index in [4.69, 9.17) is 72.7 Å². The maximum Gasteiger partial charge on any atom is 0.303 e. The molecule has 0 aromatic carbocycles. The van der Waals surface area contributed by atoms with E-state index in [1.807, 2.05) is 0 Å².